The third-order valence-corrected chi connectivity index (χ3v) is 3.12. The fourth-order valence-electron chi connectivity index (χ4n) is 2.28. The molecule has 0 radical (unpaired) electrons. The highest BCUT2D eigenvalue weighted by molar-refractivity contribution is 5.28. The highest BCUT2D eigenvalue weighted by atomic mass is 16.3. The molecule has 2 rings (SSSR count). The second-order valence-corrected chi connectivity index (χ2v) is 4.69. The Hall–Kier alpha value is -1.87. The molecule has 2 N–H and O–H groups in total. The summed E-state index contributed by atoms with van der Waals surface area (Å²) in [4.78, 5) is 4.04. The number of rotatable bonds is 6. The smallest absolute Gasteiger partial charge is 0.115 e. The molecule has 0 bridgehead atoms. The van der Waals surface area contributed by atoms with Crippen LogP contribution in [0.25, 0.3) is 0 Å². The minimum atomic E-state index is 0.330. The van der Waals surface area contributed by atoms with Gasteiger partial charge in [-0.15, -0.1) is 0 Å². The normalized spacial score (nSPS) is 12.3. The Labute approximate surface area is 114 Å². The first-order valence-corrected chi connectivity index (χ1v) is 6.68. The van der Waals surface area contributed by atoms with Gasteiger partial charge >= 0.3 is 0 Å². The van der Waals surface area contributed by atoms with Gasteiger partial charge in [0.15, 0.2) is 0 Å². The topological polar surface area (TPSA) is 45.2 Å². The van der Waals surface area contributed by atoms with Crippen molar-refractivity contribution >= 4 is 0 Å². The molecule has 0 spiro atoms. The summed E-state index contributed by atoms with van der Waals surface area (Å²) in [6.07, 6.45) is 5.52. The Kier molecular flexibility index (Phi) is 4.93. The molecule has 2 aromatic rings. The van der Waals surface area contributed by atoms with Gasteiger partial charge in [-0.25, -0.2) is 0 Å². The first-order valence-electron chi connectivity index (χ1n) is 6.68. The van der Waals surface area contributed by atoms with Crippen molar-refractivity contribution in [3.63, 3.8) is 0 Å². The molecule has 0 aliphatic carbocycles. The lowest BCUT2D eigenvalue weighted by Gasteiger charge is -2.18. The molecule has 100 valence electrons. The maximum Gasteiger partial charge on any atom is 0.115 e. The molecule has 1 heterocycles. The van der Waals surface area contributed by atoms with E-state index in [1.165, 1.54) is 5.56 Å². The van der Waals surface area contributed by atoms with Crippen molar-refractivity contribution in [2.24, 2.45) is 0 Å². The molecule has 0 saturated heterocycles. The molecule has 3 heteroatoms. The monoisotopic (exact) mass is 256 g/mol. The van der Waals surface area contributed by atoms with Crippen LogP contribution >= 0.6 is 0 Å². The summed E-state index contributed by atoms with van der Waals surface area (Å²) < 4.78 is 0. The van der Waals surface area contributed by atoms with Crippen molar-refractivity contribution in [3.05, 3.63) is 59.9 Å². The predicted octanol–water partition coefficient (Wildman–Crippen LogP) is 2.55. The minimum Gasteiger partial charge on any atom is -0.508 e. The Morgan fingerprint density at radius 3 is 2.53 bits per heavy atom. The van der Waals surface area contributed by atoms with Crippen LogP contribution in [0.4, 0.5) is 0 Å². The lowest BCUT2D eigenvalue weighted by molar-refractivity contribution is 0.472. The Balaban J connectivity index is 2.04. The largest absolute Gasteiger partial charge is 0.508 e. The van der Waals surface area contributed by atoms with Crippen LogP contribution in [-0.2, 0) is 12.8 Å². The number of phenols is 1. The van der Waals surface area contributed by atoms with E-state index in [1.54, 1.807) is 6.07 Å². The Morgan fingerprint density at radius 1 is 1.11 bits per heavy atom. The van der Waals surface area contributed by atoms with Gasteiger partial charge in [0, 0.05) is 18.4 Å². The maximum atomic E-state index is 9.52. The number of likely N-dealkylation sites (N-methyl/N-ethyl adjacent to an activating group) is 1. The average molecular weight is 256 g/mol. The van der Waals surface area contributed by atoms with Crippen molar-refractivity contribution in [1.82, 2.24) is 10.3 Å². The molecule has 1 atom stereocenters. The first-order chi connectivity index (χ1) is 9.28. The predicted molar refractivity (Wildman–Crippen MR) is 77.2 cm³/mol. The molecule has 0 fully saturated rings. The zero-order valence-corrected chi connectivity index (χ0v) is 11.2. The third kappa shape index (κ3) is 4.38. The molecule has 19 heavy (non-hydrogen) atoms. The Bertz CT molecular complexity index is 499. The second kappa shape index (κ2) is 6.90. The van der Waals surface area contributed by atoms with E-state index in [0.717, 1.165) is 24.9 Å². The number of aromatic hydroxyl groups is 1. The van der Waals surface area contributed by atoms with Crippen molar-refractivity contribution in [2.45, 2.75) is 25.8 Å². The van der Waals surface area contributed by atoms with Gasteiger partial charge in [0.2, 0.25) is 0 Å². The van der Waals surface area contributed by atoms with E-state index in [0.29, 0.717) is 11.8 Å². The van der Waals surface area contributed by atoms with Crippen molar-refractivity contribution in [1.29, 1.82) is 0 Å². The van der Waals surface area contributed by atoms with E-state index in [2.05, 4.69) is 23.3 Å². The highest BCUT2D eigenvalue weighted by Crippen LogP contribution is 2.14. The molecule has 3 nitrogen and oxygen atoms in total. The number of nitrogens with zero attached hydrogens (tertiary/aromatic N) is 1. The van der Waals surface area contributed by atoms with Crippen LogP contribution in [-0.4, -0.2) is 22.7 Å². The van der Waals surface area contributed by atoms with Crippen LogP contribution < -0.4 is 5.32 Å². The van der Waals surface area contributed by atoms with Crippen LogP contribution in [0.1, 0.15) is 18.1 Å². The van der Waals surface area contributed by atoms with Crippen LogP contribution in [0.3, 0.4) is 0 Å². The fraction of sp³-hybridized carbons (Fsp3) is 0.312. The van der Waals surface area contributed by atoms with Gasteiger partial charge in [0.25, 0.3) is 0 Å². The van der Waals surface area contributed by atoms with Crippen molar-refractivity contribution in [3.8, 4) is 5.75 Å². The Morgan fingerprint density at radius 2 is 1.84 bits per heavy atom. The summed E-state index contributed by atoms with van der Waals surface area (Å²) in [6.45, 7) is 3.05. The lowest BCUT2D eigenvalue weighted by Crippen LogP contribution is -2.33. The number of hydrogen-bond donors (Lipinski definition) is 2. The molecule has 0 saturated carbocycles. The number of aromatic nitrogens is 1. The van der Waals surface area contributed by atoms with E-state index in [4.69, 9.17) is 0 Å². The van der Waals surface area contributed by atoms with Gasteiger partial charge in [-0.05, 0) is 54.8 Å². The van der Waals surface area contributed by atoms with Crippen molar-refractivity contribution < 1.29 is 5.11 Å². The lowest BCUT2D eigenvalue weighted by atomic mass is 9.99. The maximum absolute atomic E-state index is 9.52. The van der Waals surface area contributed by atoms with Crippen LogP contribution in [0.2, 0.25) is 0 Å². The summed E-state index contributed by atoms with van der Waals surface area (Å²) in [5.74, 6) is 0.330. The summed E-state index contributed by atoms with van der Waals surface area (Å²) in [5.41, 5.74) is 2.43. The molecule has 0 aliphatic rings. The molecule has 1 aromatic heterocycles. The molecule has 1 aromatic carbocycles. The number of nitrogens with one attached hydrogen (secondary N) is 1. The SMILES string of the molecule is CCNC(Cc1ccncc1)Cc1cccc(O)c1. The standard InChI is InChI=1S/C16H20N2O/c1-2-18-15(10-13-6-8-17-9-7-13)11-14-4-3-5-16(19)12-14/h3-9,12,15,18-19H,2,10-11H2,1H3. The van der Waals surface area contributed by atoms with Gasteiger partial charge in [-0.3, -0.25) is 4.98 Å². The van der Waals surface area contributed by atoms with Crippen LogP contribution in [0.5, 0.6) is 5.75 Å². The minimum absolute atomic E-state index is 0.330. The van der Waals surface area contributed by atoms with Crippen LogP contribution in [0, 0.1) is 0 Å². The fourth-order valence-corrected chi connectivity index (χ4v) is 2.28. The van der Waals surface area contributed by atoms with Gasteiger partial charge in [-0.1, -0.05) is 19.1 Å². The van der Waals surface area contributed by atoms with Crippen LogP contribution in [0.15, 0.2) is 48.8 Å². The molecular weight excluding hydrogens is 236 g/mol. The van der Waals surface area contributed by atoms with E-state index in [-0.39, 0.29) is 0 Å². The van der Waals surface area contributed by atoms with E-state index in [9.17, 15) is 5.11 Å². The summed E-state index contributed by atoms with van der Waals surface area (Å²) in [6, 6.07) is 11.9. The van der Waals surface area contributed by atoms with Gasteiger partial charge in [-0.2, -0.15) is 0 Å². The third-order valence-electron chi connectivity index (χ3n) is 3.12. The van der Waals surface area contributed by atoms with Gasteiger partial charge < -0.3 is 10.4 Å². The summed E-state index contributed by atoms with van der Waals surface area (Å²) in [5, 5.41) is 13.0. The number of hydrogen-bond acceptors (Lipinski definition) is 3. The molecule has 1 unspecified atom stereocenters. The highest BCUT2D eigenvalue weighted by Gasteiger charge is 2.09. The molecule has 0 aliphatic heterocycles. The zero-order valence-electron chi connectivity index (χ0n) is 11.2. The number of benzene rings is 1. The first kappa shape index (κ1) is 13.6. The summed E-state index contributed by atoms with van der Waals surface area (Å²) >= 11 is 0. The molecule has 0 amide bonds. The quantitative estimate of drug-likeness (QED) is 0.835. The second-order valence-electron chi connectivity index (χ2n) is 4.69. The average Bonchev–Trinajstić information content (AvgIpc) is 2.40. The number of pyridine rings is 1. The van der Waals surface area contributed by atoms with E-state index in [1.807, 2.05) is 36.7 Å². The number of phenolic OH excluding ortho intramolecular Hbond substituents is 1. The summed E-state index contributed by atoms with van der Waals surface area (Å²) in [7, 11) is 0. The van der Waals surface area contributed by atoms with E-state index >= 15 is 0 Å². The van der Waals surface area contributed by atoms with Gasteiger partial charge in [0.1, 0.15) is 5.75 Å². The van der Waals surface area contributed by atoms with Crippen molar-refractivity contribution in [2.75, 3.05) is 6.54 Å². The van der Waals surface area contributed by atoms with E-state index < -0.39 is 0 Å². The zero-order chi connectivity index (χ0) is 13.5. The molecular formula is C16H20N2O. The van der Waals surface area contributed by atoms with Gasteiger partial charge in [0.05, 0.1) is 0 Å².